The Bertz CT molecular complexity index is 370. The van der Waals surface area contributed by atoms with Crippen molar-refractivity contribution in [2.75, 3.05) is 18.6 Å². The standard InChI is InChI=1S/C15H28O3S2Si/c1-12(15-19-9-6-10-20-15)7-8-13(11-14(16)17-2)18-21(3,4)5/h13H,6-11H2,1-5H3/t13-/m0/s1. The van der Waals surface area contributed by atoms with Crippen LogP contribution in [-0.2, 0) is 14.0 Å². The van der Waals surface area contributed by atoms with Crippen molar-refractivity contribution in [2.24, 2.45) is 0 Å². The fraction of sp³-hybridized carbons (Fsp3) is 0.800. The van der Waals surface area contributed by atoms with E-state index < -0.39 is 8.32 Å². The number of esters is 1. The molecule has 1 saturated heterocycles. The van der Waals surface area contributed by atoms with Gasteiger partial charge in [0.15, 0.2) is 8.32 Å². The molecule has 0 radical (unpaired) electrons. The molecule has 1 aliphatic rings. The van der Waals surface area contributed by atoms with Gasteiger partial charge in [0.1, 0.15) is 0 Å². The Hall–Kier alpha value is 0.0869. The molecule has 1 aliphatic heterocycles. The zero-order valence-corrected chi connectivity index (χ0v) is 16.5. The monoisotopic (exact) mass is 348 g/mol. The molecule has 3 nitrogen and oxygen atoms in total. The van der Waals surface area contributed by atoms with E-state index in [0.29, 0.717) is 6.42 Å². The Morgan fingerprint density at radius 2 is 1.90 bits per heavy atom. The molecule has 0 aromatic rings. The SMILES string of the molecule is COC(=O)C[C@H](CCC(C)=C1SCCCS1)O[Si](C)(C)C. The van der Waals surface area contributed by atoms with Crippen LogP contribution in [0, 0.1) is 0 Å². The maximum Gasteiger partial charge on any atom is 0.308 e. The molecule has 0 aromatic heterocycles. The molecular formula is C15H28O3S2Si. The Labute approximate surface area is 138 Å². The van der Waals surface area contributed by atoms with Gasteiger partial charge in [-0.1, -0.05) is 5.57 Å². The molecule has 1 heterocycles. The van der Waals surface area contributed by atoms with E-state index in [2.05, 4.69) is 26.6 Å². The summed E-state index contributed by atoms with van der Waals surface area (Å²) in [4.78, 5) is 11.5. The molecule has 0 spiro atoms. The van der Waals surface area contributed by atoms with Gasteiger partial charge in [-0.2, -0.15) is 0 Å². The van der Waals surface area contributed by atoms with Gasteiger partial charge in [0, 0.05) is 4.24 Å². The highest BCUT2D eigenvalue weighted by Crippen LogP contribution is 2.38. The summed E-state index contributed by atoms with van der Waals surface area (Å²) in [6.07, 6.45) is 3.55. The van der Waals surface area contributed by atoms with Crippen LogP contribution in [0.15, 0.2) is 9.81 Å². The minimum Gasteiger partial charge on any atom is -0.469 e. The molecule has 0 bridgehead atoms. The lowest BCUT2D eigenvalue weighted by Gasteiger charge is -2.26. The summed E-state index contributed by atoms with van der Waals surface area (Å²) >= 11 is 3.95. The first-order chi connectivity index (χ1) is 9.81. The molecular weight excluding hydrogens is 320 g/mol. The predicted octanol–water partition coefficient (Wildman–Crippen LogP) is 4.65. The first kappa shape index (κ1) is 19.1. The van der Waals surface area contributed by atoms with E-state index in [-0.39, 0.29) is 12.1 Å². The molecule has 0 unspecified atom stereocenters. The van der Waals surface area contributed by atoms with Gasteiger partial charge >= 0.3 is 5.97 Å². The predicted molar refractivity (Wildman–Crippen MR) is 96.3 cm³/mol. The van der Waals surface area contributed by atoms with E-state index in [1.54, 1.807) is 0 Å². The molecule has 122 valence electrons. The number of carbonyl (C=O) groups excluding carboxylic acids is 1. The molecule has 21 heavy (non-hydrogen) atoms. The van der Waals surface area contributed by atoms with Gasteiger partial charge < -0.3 is 9.16 Å². The number of hydrogen-bond acceptors (Lipinski definition) is 5. The van der Waals surface area contributed by atoms with Crippen molar-refractivity contribution in [1.82, 2.24) is 0 Å². The van der Waals surface area contributed by atoms with E-state index in [0.717, 1.165) is 12.8 Å². The molecule has 0 saturated carbocycles. The van der Waals surface area contributed by atoms with Gasteiger partial charge in [-0.15, -0.1) is 23.5 Å². The fourth-order valence-electron chi connectivity index (χ4n) is 2.13. The molecule has 1 fully saturated rings. The van der Waals surface area contributed by atoms with Crippen LogP contribution in [0.25, 0.3) is 0 Å². The van der Waals surface area contributed by atoms with Crippen LogP contribution in [0.2, 0.25) is 19.6 Å². The average molecular weight is 349 g/mol. The van der Waals surface area contributed by atoms with E-state index in [1.807, 2.05) is 23.5 Å². The highest BCUT2D eigenvalue weighted by molar-refractivity contribution is 8.22. The minimum atomic E-state index is -1.65. The van der Waals surface area contributed by atoms with Crippen molar-refractivity contribution in [1.29, 1.82) is 0 Å². The van der Waals surface area contributed by atoms with E-state index in [1.165, 1.54) is 34.8 Å². The molecule has 1 atom stereocenters. The quantitative estimate of drug-likeness (QED) is 0.494. The Balaban J connectivity index is 2.56. The minimum absolute atomic E-state index is 0.0155. The van der Waals surface area contributed by atoms with Crippen LogP contribution >= 0.6 is 23.5 Å². The van der Waals surface area contributed by atoms with Gasteiger partial charge in [0.05, 0.1) is 19.6 Å². The summed E-state index contributed by atoms with van der Waals surface area (Å²) in [6.45, 7) is 8.70. The van der Waals surface area contributed by atoms with Gasteiger partial charge in [-0.25, -0.2) is 0 Å². The zero-order valence-electron chi connectivity index (χ0n) is 13.9. The number of ether oxygens (including phenoxy) is 1. The number of allylic oxidation sites excluding steroid dienone is 1. The molecule has 0 N–H and O–H groups in total. The van der Waals surface area contributed by atoms with Crippen LogP contribution in [0.3, 0.4) is 0 Å². The highest BCUT2D eigenvalue weighted by Gasteiger charge is 2.24. The summed E-state index contributed by atoms with van der Waals surface area (Å²) in [5, 5.41) is 0. The normalized spacial score (nSPS) is 17.5. The number of thioether (sulfide) groups is 2. The van der Waals surface area contributed by atoms with Crippen molar-refractivity contribution in [3.8, 4) is 0 Å². The summed E-state index contributed by atoms with van der Waals surface area (Å²) in [5.74, 6) is 2.29. The van der Waals surface area contributed by atoms with Crippen molar-refractivity contribution in [3.63, 3.8) is 0 Å². The van der Waals surface area contributed by atoms with Crippen LogP contribution in [-0.4, -0.2) is 39.0 Å². The second-order valence-electron chi connectivity index (χ2n) is 6.29. The number of methoxy groups -OCH3 is 1. The maximum atomic E-state index is 11.5. The highest BCUT2D eigenvalue weighted by atomic mass is 32.2. The molecule has 0 aromatic carbocycles. The second-order valence-corrected chi connectivity index (χ2v) is 13.2. The van der Waals surface area contributed by atoms with Crippen molar-refractivity contribution >= 4 is 37.8 Å². The number of rotatable bonds is 7. The Kier molecular flexibility index (Phi) is 8.45. The van der Waals surface area contributed by atoms with Crippen molar-refractivity contribution in [2.45, 2.75) is 58.4 Å². The average Bonchev–Trinajstić information content (AvgIpc) is 2.43. The van der Waals surface area contributed by atoms with Gasteiger partial charge in [0.2, 0.25) is 0 Å². The largest absolute Gasteiger partial charge is 0.469 e. The lowest BCUT2D eigenvalue weighted by Crippen LogP contribution is -2.33. The van der Waals surface area contributed by atoms with Crippen LogP contribution in [0.4, 0.5) is 0 Å². The third kappa shape index (κ3) is 8.33. The first-order valence-corrected chi connectivity index (χ1v) is 12.9. The van der Waals surface area contributed by atoms with Gasteiger partial charge in [0.25, 0.3) is 0 Å². The molecule has 1 rings (SSSR count). The van der Waals surface area contributed by atoms with Crippen molar-refractivity contribution in [3.05, 3.63) is 9.81 Å². The Morgan fingerprint density at radius 3 is 2.43 bits per heavy atom. The van der Waals surface area contributed by atoms with E-state index >= 15 is 0 Å². The molecule has 0 aliphatic carbocycles. The summed E-state index contributed by atoms with van der Waals surface area (Å²) in [6, 6.07) is 0. The lowest BCUT2D eigenvalue weighted by atomic mass is 10.1. The summed E-state index contributed by atoms with van der Waals surface area (Å²) < 4.78 is 12.4. The van der Waals surface area contributed by atoms with E-state index in [4.69, 9.17) is 9.16 Å². The van der Waals surface area contributed by atoms with Crippen molar-refractivity contribution < 1.29 is 14.0 Å². The third-order valence-corrected chi connectivity index (χ3v) is 7.04. The number of carbonyl (C=O) groups is 1. The smallest absolute Gasteiger partial charge is 0.308 e. The summed E-state index contributed by atoms with van der Waals surface area (Å²) in [7, 11) is -0.205. The van der Waals surface area contributed by atoms with Gasteiger partial charge in [-0.3, -0.25) is 4.79 Å². The van der Waals surface area contributed by atoms with Crippen LogP contribution in [0.5, 0.6) is 0 Å². The fourth-order valence-corrected chi connectivity index (χ4v) is 5.99. The lowest BCUT2D eigenvalue weighted by molar-refractivity contribution is -0.142. The molecule has 6 heteroatoms. The summed E-state index contributed by atoms with van der Waals surface area (Å²) in [5.41, 5.74) is 1.44. The number of hydrogen-bond donors (Lipinski definition) is 0. The zero-order chi connectivity index (χ0) is 15.9. The van der Waals surface area contributed by atoms with Gasteiger partial charge in [-0.05, 0) is 57.3 Å². The molecule has 0 amide bonds. The third-order valence-electron chi connectivity index (χ3n) is 3.09. The topological polar surface area (TPSA) is 35.5 Å². The van der Waals surface area contributed by atoms with E-state index in [9.17, 15) is 4.79 Å². The first-order valence-electron chi connectivity index (χ1n) is 7.52. The maximum absolute atomic E-state index is 11.5. The Morgan fingerprint density at radius 1 is 1.29 bits per heavy atom. The second kappa shape index (κ2) is 9.28. The van der Waals surface area contributed by atoms with Crippen LogP contribution < -0.4 is 0 Å². The van der Waals surface area contributed by atoms with Crippen LogP contribution in [0.1, 0.15) is 32.6 Å².